The molecule has 2 heterocycles. The molecule has 1 aromatic carbocycles. The first-order valence-electron chi connectivity index (χ1n) is 7.98. The molecule has 24 heavy (non-hydrogen) atoms. The van der Waals surface area contributed by atoms with Crippen molar-refractivity contribution in [1.82, 2.24) is 14.9 Å². The van der Waals surface area contributed by atoms with Gasteiger partial charge in [-0.2, -0.15) is 14.9 Å². The Morgan fingerprint density at radius 3 is 3.17 bits per heavy atom. The van der Waals surface area contributed by atoms with E-state index in [0.717, 1.165) is 19.3 Å². The van der Waals surface area contributed by atoms with E-state index in [1.54, 1.807) is 24.4 Å². The van der Waals surface area contributed by atoms with E-state index in [4.69, 9.17) is 21.7 Å². The Morgan fingerprint density at radius 2 is 2.46 bits per heavy atom. The topological polar surface area (TPSA) is 84.7 Å². The van der Waals surface area contributed by atoms with Crippen LogP contribution in [0, 0.1) is 4.77 Å². The van der Waals surface area contributed by atoms with Crippen LogP contribution in [0.2, 0.25) is 0 Å². The number of benzene rings is 1. The molecule has 8 heteroatoms. The molecule has 0 bridgehead atoms. The zero-order chi connectivity index (χ0) is 16.9. The normalized spacial score (nSPS) is 17.6. The smallest absolute Gasteiger partial charge is 0.216 e. The minimum Gasteiger partial charge on any atom is -0.507 e. The summed E-state index contributed by atoms with van der Waals surface area (Å²) in [7, 11) is 0. The zero-order valence-electron chi connectivity index (χ0n) is 13.4. The van der Waals surface area contributed by atoms with Crippen LogP contribution >= 0.6 is 12.2 Å². The van der Waals surface area contributed by atoms with E-state index in [0.29, 0.717) is 35.1 Å². The maximum atomic E-state index is 10.1. The number of H-pyrrole nitrogens is 1. The van der Waals surface area contributed by atoms with Crippen molar-refractivity contribution in [2.45, 2.75) is 32.3 Å². The lowest BCUT2D eigenvalue weighted by Crippen LogP contribution is -2.05. The van der Waals surface area contributed by atoms with Crippen molar-refractivity contribution in [3.63, 3.8) is 0 Å². The van der Waals surface area contributed by atoms with Crippen LogP contribution in [0.25, 0.3) is 0 Å². The summed E-state index contributed by atoms with van der Waals surface area (Å²) in [5.74, 6) is 1.38. The third-order valence-electron chi connectivity index (χ3n) is 3.68. The zero-order valence-corrected chi connectivity index (χ0v) is 14.3. The quantitative estimate of drug-likeness (QED) is 0.619. The van der Waals surface area contributed by atoms with Crippen LogP contribution in [0.5, 0.6) is 11.5 Å². The summed E-state index contributed by atoms with van der Waals surface area (Å²) >= 11 is 5.22. The number of ether oxygens (including phenoxy) is 2. The number of phenolic OH excluding ortho intramolecular Hbond substituents is 1. The van der Waals surface area contributed by atoms with Gasteiger partial charge in [-0.1, -0.05) is 6.92 Å². The van der Waals surface area contributed by atoms with Crippen LogP contribution in [-0.2, 0) is 4.74 Å². The number of nitrogens with zero attached hydrogens (tertiary/aromatic N) is 3. The molecule has 0 radical (unpaired) electrons. The number of hydrogen-bond acceptors (Lipinski definition) is 6. The number of hydrogen-bond donors (Lipinski definition) is 2. The van der Waals surface area contributed by atoms with Crippen molar-refractivity contribution in [1.29, 1.82) is 0 Å². The number of aromatic amines is 1. The van der Waals surface area contributed by atoms with Gasteiger partial charge in [0, 0.05) is 18.2 Å². The maximum absolute atomic E-state index is 10.1. The first-order valence-corrected chi connectivity index (χ1v) is 8.39. The minimum absolute atomic E-state index is 0.0982. The highest BCUT2D eigenvalue weighted by Crippen LogP contribution is 2.27. The van der Waals surface area contributed by atoms with Gasteiger partial charge in [-0.3, -0.25) is 5.10 Å². The van der Waals surface area contributed by atoms with Crippen molar-refractivity contribution in [2.75, 3.05) is 13.2 Å². The van der Waals surface area contributed by atoms with Crippen LogP contribution in [0.4, 0.5) is 0 Å². The summed E-state index contributed by atoms with van der Waals surface area (Å²) < 4.78 is 13.0. The Kier molecular flexibility index (Phi) is 5.27. The minimum atomic E-state index is -0.103. The molecule has 0 saturated carbocycles. The highest BCUT2D eigenvalue weighted by Gasteiger charge is 2.23. The second kappa shape index (κ2) is 7.59. The summed E-state index contributed by atoms with van der Waals surface area (Å²) in [5, 5.41) is 21.4. The third-order valence-corrected chi connectivity index (χ3v) is 3.94. The van der Waals surface area contributed by atoms with Crippen molar-refractivity contribution in [3.8, 4) is 11.5 Å². The van der Waals surface area contributed by atoms with E-state index in [1.807, 2.05) is 6.92 Å². The number of aromatic nitrogens is 3. The number of aromatic hydroxyl groups is 1. The Hall–Kier alpha value is -2.19. The molecule has 1 saturated heterocycles. The third kappa shape index (κ3) is 3.65. The van der Waals surface area contributed by atoms with Gasteiger partial charge < -0.3 is 14.6 Å². The summed E-state index contributed by atoms with van der Waals surface area (Å²) in [5.41, 5.74) is 0.570. The second-order valence-electron chi connectivity index (χ2n) is 5.51. The standard InChI is InChI=1S/C16H20N4O3S/c1-2-7-22-12-6-5-11(13(21)9-12)10-17-20-15(18-19-16(20)24)14-4-3-8-23-14/h5-6,9-10,14,21H,2-4,7-8H2,1H3,(H,19,24)/b17-10+/t14-/m0/s1. The molecule has 0 spiro atoms. The average molecular weight is 348 g/mol. The Bertz CT molecular complexity index is 778. The van der Waals surface area contributed by atoms with E-state index in [2.05, 4.69) is 15.3 Å². The molecule has 2 N–H and O–H groups in total. The van der Waals surface area contributed by atoms with Crippen LogP contribution in [0.1, 0.15) is 43.7 Å². The number of rotatable bonds is 6. The van der Waals surface area contributed by atoms with Crippen LogP contribution in [0.3, 0.4) is 0 Å². The molecule has 1 atom stereocenters. The van der Waals surface area contributed by atoms with Gasteiger partial charge in [0.05, 0.1) is 12.8 Å². The van der Waals surface area contributed by atoms with E-state index >= 15 is 0 Å². The lowest BCUT2D eigenvalue weighted by Gasteiger charge is -2.08. The van der Waals surface area contributed by atoms with E-state index in [1.165, 1.54) is 4.68 Å². The summed E-state index contributed by atoms with van der Waals surface area (Å²) in [4.78, 5) is 0. The highest BCUT2D eigenvalue weighted by molar-refractivity contribution is 7.71. The molecule has 1 aliphatic rings. The molecule has 1 aliphatic heterocycles. The first-order chi connectivity index (χ1) is 11.7. The molecule has 128 valence electrons. The Labute approximate surface area is 144 Å². The van der Waals surface area contributed by atoms with Crippen molar-refractivity contribution >= 4 is 18.4 Å². The largest absolute Gasteiger partial charge is 0.507 e. The molecular weight excluding hydrogens is 328 g/mol. The molecular formula is C16H20N4O3S. The first kappa shape index (κ1) is 16.7. The fourth-order valence-corrected chi connectivity index (χ4v) is 2.65. The summed E-state index contributed by atoms with van der Waals surface area (Å²) in [6.07, 6.45) is 4.24. The molecule has 1 fully saturated rings. The number of nitrogens with one attached hydrogen (secondary N) is 1. The average Bonchev–Trinajstić information content (AvgIpc) is 3.22. The lowest BCUT2D eigenvalue weighted by molar-refractivity contribution is 0.102. The predicted octanol–water partition coefficient (Wildman–Crippen LogP) is 3.17. The fraction of sp³-hybridized carbons (Fsp3) is 0.438. The summed E-state index contributed by atoms with van der Waals surface area (Å²) in [6.45, 7) is 3.36. The van der Waals surface area contributed by atoms with Crippen LogP contribution in [0.15, 0.2) is 23.3 Å². The maximum Gasteiger partial charge on any atom is 0.216 e. The van der Waals surface area contributed by atoms with Crippen molar-refractivity contribution in [2.24, 2.45) is 5.10 Å². The van der Waals surface area contributed by atoms with Gasteiger partial charge in [0.25, 0.3) is 0 Å². The Balaban J connectivity index is 1.81. The SMILES string of the molecule is CCCOc1ccc(/C=N/n2c([C@@H]3CCCO3)n[nH]c2=S)c(O)c1. The number of phenols is 1. The molecule has 0 aliphatic carbocycles. The van der Waals surface area contributed by atoms with Crippen LogP contribution in [-0.4, -0.2) is 39.4 Å². The van der Waals surface area contributed by atoms with Gasteiger partial charge in [0.15, 0.2) is 5.82 Å². The monoisotopic (exact) mass is 348 g/mol. The van der Waals surface area contributed by atoms with Crippen molar-refractivity contribution < 1.29 is 14.6 Å². The van der Waals surface area contributed by atoms with Gasteiger partial charge in [-0.05, 0) is 43.6 Å². The van der Waals surface area contributed by atoms with Gasteiger partial charge >= 0.3 is 0 Å². The highest BCUT2D eigenvalue weighted by atomic mass is 32.1. The van der Waals surface area contributed by atoms with E-state index in [9.17, 15) is 5.11 Å². The predicted molar refractivity (Wildman–Crippen MR) is 92.2 cm³/mol. The second-order valence-corrected chi connectivity index (χ2v) is 5.90. The molecule has 1 aromatic heterocycles. The Morgan fingerprint density at radius 1 is 1.58 bits per heavy atom. The fourth-order valence-electron chi connectivity index (χ4n) is 2.47. The van der Waals surface area contributed by atoms with E-state index in [-0.39, 0.29) is 11.9 Å². The molecule has 0 unspecified atom stereocenters. The molecule has 3 rings (SSSR count). The van der Waals surface area contributed by atoms with Gasteiger partial charge in [0.2, 0.25) is 4.77 Å². The summed E-state index contributed by atoms with van der Waals surface area (Å²) in [6, 6.07) is 5.12. The lowest BCUT2D eigenvalue weighted by atomic mass is 10.2. The van der Waals surface area contributed by atoms with E-state index < -0.39 is 0 Å². The van der Waals surface area contributed by atoms with Crippen LogP contribution < -0.4 is 4.74 Å². The van der Waals surface area contributed by atoms with Gasteiger partial charge in [0.1, 0.15) is 17.6 Å². The molecule has 7 nitrogen and oxygen atoms in total. The van der Waals surface area contributed by atoms with Gasteiger partial charge in [-0.15, -0.1) is 0 Å². The van der Waals surface area contributed by atoms with Crippen molar-refractivity contribution in [3.05, 3.63) is 34.4 Å². The molecule has 0 amide bonds. The molecule has 2 aromatic rings. The van der Waals surface area contributed by atoms with Gasteiger partial charge in [-0.25, -0.2) is 0 Å².